The second kappa shape index (κ2) is 9.46. The zero-order valence-electron chi connectivity index (χ0n) is 22.3. The number of halogens is 2. The Balaban J connectivity index is 1.75. The molecule has 0 bridgehead atoms. The molecule has 0 aliphatic carbocycles. The van der Waals surface area contributed by atoms with Crippen molar-refractivity contribution in [2.45, 2.75) is 45.3 Å². The van der Waals surface area contributed by atoms with Gasteiger partial charge in [-0.3, -0.25) is 9.97 Å². The van der Waals surface area contributed by atoms with Crippen LogP contribution >= 0.6 is 0 Å². The molecule has 1 aliphatic heterocycles. The highest BCUT2D eigenvalue weighted by Crippen LogP contribution is 2.43. The Kier molecular flexibility index (Phi) is 6.19. The van der Waals surface area contributed by atoms with E-state index in [1.54, 1.807) is 57.0 Å². The molecule has 6 rings (SSSR count). The molecule has 0 unspecified atom stereocenters. The highest BCUT2D eigenvalue weighted by Gasteiger charge is 2.35. The van der Waals surface area contributed by atoms with Crippen LogP contribution in [0.5, 0.6) is 0 Å². The van der Waals surface area contributed by atoms with Crippen LogP contribution in [-0.2, 0) is 17.4 Å². The average Bonchev–Trinajstić information content (AvgIpc) is 3.42. The maximum atomic E-state index is 16.9. The predicted molar refractivity (Wildman–Crippen MR) is 143 cm³/mol. The smallest absolute Gasteiger partial charge is 0.156 e. The van der Waals surface area contributed by atoms with Gasteiger partial charge in [0.05, 0.1) is 45.3 Å². The van der Waals surface area contributed by atoms with Crippen molar-refractivity contribution in [2.75, 3.05) is 13.2 Å². The number of ether oxygens (including phenoxy) is 1. The monoisotopic (exact) mass is 532 g/mol. The van der Waals surface area contributed by atoms with Crippen LogP contribution in [-0.4, -0.2) is 47.8 Å². The Bertz CT molecular complexity index is 1680. The van der Waals surface area contributed by atoms with Crippen molar-refractivity contribution in [1.29, 1.82) is 0 Å². The van der Waals surface area contributed by atoms with Crippen molar-refractivity contribution >= 4 is 21.9 Å². The molecule has 0 saturated carbocycles. The molecule has 8 nitrogen and oxygen atoms in total. The number of benzene rings is 1. The van der Waals surface area contributed by atoms with Crippen LogP contribution in [0, 0.1) is 24.5 Å². The normalized spacial score (nSPS) is 15.9. The third kappa shape index (κ3) is 4.18. The van der Waals surface area contributed by atoms with E-state index < -0.39 is 23.3 Å². The number of hydrogen-bond donors (Lipinski definition) is 1. The third-order valence-electron chi connectivity index (χ3n) is 7.75. The van der Waals surface area contributed by atoms with E-state index in [-0.39, 0.29) is 11.6 Å². The van der Waals surface area contributed by atoms with E-state index in [1.807, 2.05) is 16.7 Å². The van der Waals surface area contributed by atoms with E-state index in [4.69, 9.17) is 9.72 Å². The van der Waals surface area contributed by atoms with Gasteiger partial charge >= 0.3 is 0 Å². The van der Waals surface area contributed by atoms with Crippen LogP contribution in [0.4, 0.5) is 8.78 Å². The number of aryl methyl sites for hydroxylation is 2. The fraction of sp³-hybridized carbons (Fsp3) is 0.379. The largest absolute Gasteiger partial charge is 0.386 e. The molecule has 4 aromatic heterocycles. The Hall–Kier alpha value is -3.76. The van der Waals surface area contributed by atoms with E-state index in [0.29, 0.717) is 70.5 Å². The number of rotatable bonds is 5. The second-order valence-electron chi connectivity index (χ2n) is 10.8. The zero-order valence-corrected chi connectivity index (χ0v) is 22.3. The fourth-order valence-corrected chi connectivity index (χ4v) is 5.80. The van der Waals surface area contributed by atoms with Crippen LogP contribution in [0.2, 0.25) is 0 Å². The van der Waals surface area contributed by atoms with E-state index in [2.05, 4.69) is 15.3 Å². The van der Waals surface area contributed by atoms with Crippen molar-refractivity contribution in [2.24, 2.45) is 13.0 Å². The lowest BCUT2D eigenvalue weighted by Crippen LogP contribution is -2.28. The first-order chi connectivity index (χ1) is 18.7. The van der Waals surface area contributed by atoms with Gasteiger partial charge in [0, 0.05) is 49.2 Å². The molecule has 10 heteroatoms. The molecule has 1 saturated heterocycles. The highest BCUT2D eigenvalue weighted by molar-refractivity contribution is 6.07. The fourth-order valence-electron chi connectivity index (χ4n) is 5.80. The summed E-state index contributed by atoms with van der Waals surface area (Å²) in [7, 11) is 1.72. The van der Waals surface area contributed by atoms with Gasteiger partial charge in [0.15, 0.2) is 5.82 Å². The first-order valence-corrected chi connectivity index (χ1v) is 13.1. The maximum absolute atomic E-state index is 16.9. The van der Waals surface area contributed by atoms with Gasteiger partial charge < -0.3 is 14.4 Å². The van der Waals surface area contributed by atoms with Gasteiger partial charge in [-0.05, 0) is 69.9 Å². The highest BCUT2D eigenvalue weighted by atomic mass is 19.1. The van der Waals surface area contributed by atoms with Gasteiger partial charge in [-0.25, -0.2) is 13.5 Å². The number of pyridine rings is 2. The molecule has 5 heterocycles. The number of nitrogens with zero attached hydrogens (tertiary/aromatic N) is 6. The summed E-state index contributed by atoms with van der Waals surface area (Å²) in [6, 6.07) is 7.68. The molecular weight excluding hydrogens is 502 g/mol. The summed E-state index contributed by atoms with van der Waals surface area (Å²) >= 11 is 0. The Labute approximate surface area is 224 Å². The van der Waals surface area contributed by atoms with Gasteiger partial charge in [-0.1, -0.05) is 5.21 Å². The SMILES string of the molecule is Cc1nnn(C)c1-c1ccc2c3ncc(C(C)(C)O)cc3n([C@H](c3ncccc3F)C3CCOCC3)c2c1F. The zero-order chi connectivity index (χ0) is 27.5. The number of hydrogen-bond acceptors (Lipinski definition) is 6. The Morgan fingerprint density at radius 2 is 1.90 bits per heavy atom. The minimum Gasteiger partial charge on any atom is -0.386 e. The van der Waals surface area contributed by atoms with Gasteiger partial charge in [-0.15, -0.1) is 5.10 Å². The van der Waals surface area contributed by atoms with Crippen molar-refractivity contribution in [1.82, 2.24) is 29.5 Å². The van der Waals surface area contributed by atoms with Crippen molar-refractivity contribution < 1.29 is 18.6 Å². The van der Waals surface area contributed by atoms with Gasteiger partial charge in [0.2, 0.25) is 0 Å². The molecule has 1 N–H and O–H groups in total. The second-order valence-corrected chi connectivity index (χ2v) is 10.8. The van der Waals surface area contributed by atoms with Gasteiger partial charge in [0.1, 0.15) is 5.82 Å². The number of aliphatic hydroxyl groups is 1. The minimum absolute atomic E-state index is 0.0732. The number of aromatic nitrogens is 6. The lowest BCUT2D eigenvalue weighted by Gasteiger charge is -2.32. The molecule has 1 aromatic carbocycles. The lowest BCUT2D eigenvalue weighted by atomic mass is 9.88. The standard InChI is InChI=1S/C29H30F2N6O2/c1-16-26(36(4)35-34-16)19-7-8-20-24-22(14-18(15-33-24)29(2,3)38)37(28(20)23(19)31)27(17-9-12-39-13-10-17)25-21(30)6-5-11-32-25/h5-8,11,14-15,17,27,38H,9-10,12-13H2,1-4H3/t27-/m0/s1. The van der Waals surface area contributed by atoms with Crippen molar-refractivity contribution in [3.8, 4) is 11.3 Å². The van der Waals surface area contributed by atoms with Crippen LogP contribution in [0.1, 0.15) is 49.7 Å². The summed E-state index contributed by atoms with van der Waals surface area (Å²) in [6.45, 7) is 6.18. The molecule has 1 fully saturated rings. The molecule has 0 spiro atoms. The molecule has 1 aliphatic rings. The minimum atomic E-state index is -1.19. The Morgan fingerprint density at radius 3 is 2.56 bits per heavy atom. The summed E-state index contributed by atoms with van der Waals surface area (Å²) in [6.07, 6.45) is 4.49. The number of fused-ring (bicyclic) bond motifs is 3. The van der Waals surface area contributed by atoms with E-state index >= 15 is 8.78 Å². The van der Waals surface area contributed by atoms with Gasteiger partial charge in [-0.2, -0.15) is 0 Å². The summed E-state index contributed by atoms with van der Waals surface area (Å²) in [5, 5.41) is 19.6. The third-order valence-corrected chi connectivity index (χ3v) is 7.75. The van der Waals surface area contributed by atoms with E-state index in [0.717, 1.165) is 0 Å². The average molecular weight is 533 g/mol. The topological polar surface area (TPSA) is 90.9 Å². The van der Waals surface area contributed by atoms with Crippen molar-refractivity contribution in [3.05, 3.63) is 71.3 Å². The molecule has 5 aromatic rings. The quantitative estimate of drug-likeness (QED) is 0.334. The molecule has 0 amide bonds. The van der Waals surface area contributed by atoms with Crippen LogP contribution < -0.4 is 0 Å². The van der Waals surface area contributed by atoms with Crippen LogP contribution in [0.3, 0.4) is 0 Å². The summed E-state index contributed by atoms with van der Waals surface area (Å²) in [5.41, 5.74) is 2.57. The first-order valence-electron chi connectivity index (χ1n) is 13.1. The predicted octanol–water partition coefficient (Wildman–Crippen LogP) is 5.21. The molecular formula is C29H30F2N6O2. The first kappa shape index (κ1) is 25.5. The summed E-state index contributed by atoms with van der Waals surface area (Å²) in [4.78, 5) is 9.16. The molecule has 202 valence electrons. The Morgan fingerprint density at radius 1 is 1.13 bits per heavy atom. The van der Waals surface area contributed by atoms with Crippen LogP contribution in [0.15, 0.2) is 42.7 Å². The van der Waals surface area contributed by atoms with Gasteiger partial charge in [0.25, 0.3) is 0 Å². The van der Waals surface area contributed by atoms with Crippen LogP contribution in [0.25, 0.3) is 33.2 Å². The summed E-state index contributed by atoms with van der Waals surface area (Å²) < 4.78 is 41.4. The van der Waals surface area contributed by atoms with Crippen molar-refractivity contribution in [3.63, 3.8) is 0 Å². The lowest BCUT2D eigenvalue weighted by molar-refractivity contribution is 0.0542. The summed E-state index contributed by atoms with van der Waals surface area (Å²) in [5.74, 6) is -1.01. The molecule has 0 radical (unpaired) electrons. The van der Waals surface area contributed by atoms with E-state index in [9.17, 15) is 5.11 Å². The molecule has 39 heavy (non-hydrogen) atoms. The van der Waals surface area contributed by atoms with E-state index in [1.165, 1.54) is 6.07 Å². The molecule has 1 atom stereocenters. The maximum Gasteiger partial charge on any atom is 0.156 e.